The minimum Gasteiger partial charge on any atom is -0.458 e. The molecule has 1 N–H and O–H groups in total. The molecule has 2 heterocycles. The van der Waals surface area contributed by atoms with Gasteiger partial charge in [0.15, 0.2) is 24.3 Å². The topological polar surface area (TPSA) is 159 Å². The fraction of sp³-hybridized carbons (Fsp3) is 0.545. The van der Waals surface area contributed by atoms with E-state index in [1.807, 2.05) is 31.2 Å². The lowest BCUT2D eigenvalue weighted by Crippen LogP contribution is -2.63. The van der Waals surface area contributed by atoms with Gasteiger partial charge in [0.2, 0.25) is 11.6 Å². The van der Waals surface area contributed by atoms with Crippen LogP contribution in [-0.2, 0) is 39.8 Å². The second kappa shape index (κ2) is 14.1. The van der Waals surface area contributed by atoms with Gasteiger partial charge in [0.05, 0.1) is 23.6 Å². The Labute approximate surface area is 326 Å². The van der Waals surface area contributed by atoms with E-state index in [9.17, 15) is 24.3 Å². The molecule has 296 valence electrons. The number of ketones is 2. The van der Waals surface area contributed by atoms with Crippen LogP contribution in [0.4, 0.5) is 11.4 Å². The van der Waals surface area contributed by atoms with E-state index in [2.05, 4.69) is 24.1 Å². The summed E-state index contributed by atoms with van der Waals surface area (Å²) in [5, 5.41) is 20.7. The molecule has 6 aliphatic rings. The molecule has 3 saturated carbocycles. The minimum atomic E-state index is -1.37. The molecule has 2 aliphatic heterocycles. The average molecular weight is 767 g/mol. The summed E-state index contributed by atoms with van der Waals surface area (Å²) in [6.07, 6.45) is 7.68. The van der Waals surface area contributed by atoms with Gasteiger partial charge >= 0.3 is 11.9 Å². The van der Waals surface area contributed by atoms with E-state index in [1.165, 1.54) is 0 Å². The van der Waals surface area contributed by atoms with Crippen molar-refractivity contribution in [2.24, 2.45) is 38.8 Å². The number of fused-ring (bicyclic) bond motifs is 8. The van der Waals surface area contributed by atoms with Crippen LogP contribution in [0.25, 0.3) is 0 Å². The van der Waals surface area contributed by atoms with Crippen molar-refractivity contribution in [2.75, 3.05) is 6.61 Å². The van der Waals surface area contributed by atoms with Gasteiger partial charge in [0.1, 0.15) is 11.3 Å². The Morgan fingerprint density at radius 3 is 2.64 bits per heavy atom. The van der Waals surface area contributed by atoms with Crippen LogP contribution in [0.15, 0.2) is 76.5 Å². The summed E-state index contributed by atoms with van der Waals surface area (Å²) in [6, 6.07) is 12.2. The number of ether oxygens (including phenoxy) is 5. The second-order valence-corrected chi connectivity index (χ2v) is 17.1. The average Bonchev–Trinajstić information content (AvgIpc) is 3.64. The first-order valence-electron chi connectivity index (χ1n) is 19.9. The Hall–Kier alpha value is -4.52. The van der Waals surface area contributed by atoms with E-state index in [4.69, 9.17) is 23.7 Å². The number of esters is 2. The van der Waals surface area contributed by atoms with Crippen molar-refractivity contribution in [3.05, 3.63) is 77.4 Å². The van der Waals surface area contributed by atoms with E-state index < -0.39 is 59.3 Å². The number of nitrogens with zero attached hydrogens (tertiary/aromatic N) is 2. The molecule has 56 heavy (non-hydrogen) atoms. The van der Waals surface area contributed by atoms with Crippen molar-refractivity contribution in [1.29, 1.82) is 0 Å². The summed E-state index contributed by atoms with van der Waals surface area (Å²) < 4.78 is 30.0. The maximum atomic E-state index is 14.6. The Kier molecular flexibility index (Phi) is 9.69. The van der Waals surface area contributed by atoms with Crippen LogP contribution in [0.5, 0.6) is 5.75 Å². The highest BCUT2D eigenvalue weighted by molar-refractivity contribution is 6.01. The number of Topliss-reactive ketones (excluding diaryl/α,β-unsaturated/α-hetero) is 1. The Balaban J connectivity index is 0.952. The van der Waals surface area contributed by atoms with Crippen LogP contribution >= 0.6 is 0 Å². The maximum Gasteiger partial charge on any atom is 0.345 e. The zero-order valence-electron chi connectivity index (χ0n) is 32.6. The summed E-state index contributed by atoms with van der Waals surface area (Å²) >= 11 is 0. The number of cyclic esters (lactones) is 1. The number of aryl methyl sites for hydroxylation is 1. The molecule has 9 unspecified atom stereocenters. The van der Waals surface area contributed by atoms with E-state index in [1.54, 1.807) is 50.3 Å². The molecule has 0 radical (unpaired) electrons. The number of allylic oxidation sites excluding steroid dienone is 4. The molecule has 0 amide bonds. The number of hydrogen-bond acceptors (Lipinski definition) is 12. The number of carbonyl (C=O) groups excluding carboxylic acids is 4. The third-order valence-corrected chi connectivity index (χ3v) is 13.3. The zero-order chi connectivity index (χ0) is 39.6. The quantitative estimate of drug-likeness (QED) is 0.189. The molecule has 1 saturated heterocycles. The molecule has 2 aromatic carbocycles. The van der Waals surface area contributed by atoms with Gasteiger partial charge in [0, 0.05) is 37.0 Å². The van der Waals surface area contributed by atoms with Crippen LogP contribution in [0.3, 0.4) is 0 Å². The van der Waals surface area contributed by atoms with Gasteiger partial charge in [-0.05, 0) is 92.3 Å². The van der Waals surface area contributed by atoms with Crippen LogP contribution in [0.1, 0.15) is 95.5 Å². The van der Waals surface area contributed by atoms with E-state index in [0.29, 0.717) is 36.4 Å². The predicted octanol–water partition coefficient (Wildman–Crippen LogP) is 7.60. The van der Waals surface area contributed by atoms with E-state index in [0.717, 1.165) is 30.4 Å². The molecule has 12 nitrogen and oxygen atoms in total. The van der Waals surface area contributed by atoms with Gasteiger partial charge in [-0.15, -0.1) is 0 Å². The first kappa shape index (κ1) is 38.4. The van der Waals surface area contributed by atoms with Gasteiger partial charge in [-0.1, -0.05) is 57.0 Å². The van der Waals surface area contributed by atoms with Gasteiger partial charge in [-0.25, -0.2) is 4.79 Å². The molecule has 12 heteroatoms. The summed E-state index contributed by atoms with van der Waals surface area (Å²) in [6.45, 7) is 9.06. The third-order valence-electron chi connectivity index (χ3n) is 13.3. The number of aliphatic hydroxyl groups excluding tert-OH is 1. The standard InChI is InChI=1S/C44H50N2O10/c1-6-9-38-53-36-22-31-29-15-13-26-20-28(47)18-19-42(26,4)39(29)33(48)23-43(31,5)44(36,55-38)35(49)24-52-37(50)17-12-25-10-7-8-11-32(25)46-45-27-14-16-34-30(21-27)40(51)56-41(2,3)54-34/h7-8,10-11,14,16,18-21,29,31,33,36,38-39,48H,6,9,12-13,15,17,22-24H2,1-5H3. The third kappa shape index (κ3) is 6.34. The molecule has 0 spiro atoms. The first-order valence-corrected chi connectivity index (χ1v) is 19.9. The number of aliphatic hydroxyl groups is 1. The molecule has 2 aromatic rings. The molecule has 4 aliphatic carbocycles. The summed E-state index contributed by atoms with van der Waals surface area (Å²) in [5.41, 5.74) is 0.468. The van der Waals surface area contributed by atoms with Gasteiger partial charge in [-0.3, -0.25) is 14.4 Å². The lowest BCUT2D eigenvalue weighted by Gasteiger charge is -2.59. The number of azo groups is 1. The van der Waals surface area contributed by atoms with Gasteiger partial charge in [0.25, 0.3) is 0 Å². The summed E-state index contributed by atoms with van der Waals surface area (Å²) in [4.78, 5) is 52.6. The van der Waals surface area contributed by atoms with Crippen molar-refractivity contribution in [3.8, 4) is 5.75 Å². The molecule has 0 aromatic heterocycles. The van der Waals surface area contributed by atoms with E-state index >= 15 is 0 Å². The summed E-state index contributed by atoms with van der Waals surface area (Å²) in [5.74, 6) is -2.07. The van der Waals surface area contributed by atoms with Crippen molar-refractivity contribution >= 4 is 34.9 Å². The summed E-state index contributed by atoms with van der Waals surface area (Å²) in [7, 11) is 0. The molecular weight excluding hydrogens is 716 g/mol. The number of benzene rings is 2. The van der Waals surface area contributed by atoms with Crippen LogP contribution < -0.4 is 4.74 Å². The maximum absolute atomic E-state index is 14.6. The molecule has 0 bridgehead atoms. The SMILES string of the molecule is CCCC1OC2CC3C4CCC5=CC(=O)C=CC5(C)C4C(O)CC3(C)C2(C(=O)COC(=O)CCc2ccccc2N=Nc2ccc3c(c2)C(=O)OC(C)(C)O3)O1. The highest BCUT2D eigenvalue weighted by Crippen LogP contribution is 2.69. The first-order chi connectivity index (χ1) is 26.7. The predicted molar refractivity (Wildman–Crippen MR) is 202 cm³/mol. The fourth-order valence-electron chi connectivity index (χ4n) is 10.9. The highest BCUT2D eigenvalue weighted by Gasteiger charge is 2.76. The number of rotatable bonds is 10. The Bertz CT molecular complexity index is 2060. The van der Waals surface area contributed by atoms with E-state index in [-0.39, 0.29) is 47.7 Å². The second-order valence-electron chi connectivity index (χ2n) is 17.1. The highest BCUT2D eigenvalue weighted by atomic mass is 16.7. The molecule has 8 rings (SSSR count). The normalized spacial score (nSPS) is 35.0. The van der Waals surface area contributed by atoms with Crippen molar-refractivity contribution in [1.82, 2.24) is 0 Å². The van der Waals surface area contributed by atoms with Gasteiger partial charge in [-0.2, -0.15) is 10.2 Å². The molecular formula is C44H50N2O10. The van der Waals surface area contributed by atoms with Crippen LogP contribution in [-0.4, -0.2) is 65.1 Å². The minimum absolute atomic E-state index is 0.00329. The lowest BCUT2D eigenvalue weighted by atomic mass is 9.46. The van der Waals surface area contributed by atoms with Crippen LogP contribution in [0, 0.1) is 28.6 Å². The largest absolute Gasteiger partial charge is 0.458 e. The van der Waals surface area contributed by atoms with Crippen LogP contribution in [0.2, 0.25) is 0 Å². The monoisotopic (exact) mass is 766 g/mol. The van der Waals surface area contributed by atoms with Crippen molar-refractivity contribution in [2.45, 2.75) is 116 Å². The fourth-order valence-corrected chi connectivity index (χ4v) is 10.9. The van der Waals surface area contributed by atoms with Gasteiger partial charge < -0.3 is 28.8 Å². The molecule has 9 atom stereocenters. The number of carbonyl (C=O) groups is 4. The zero-order valence-corrected chi connectivity index (χ0v) is 32.6. The number of hydrogen-bond donors (Lipinski definition) is 1. The Morgan fingerprint density at radius 2 is 1.84 bits per heavy atom. The lowest BCUT2D eigenvalue weighted by molar-refractivity contribution is -0.201. The van der Waals surface area contributed by atoms with Crippen molar-refractivity contribution < 1.29 is 48.0 Å². The van der Waals surface area contributed by atoms with Crippen molar-refractivity contribution in [3.63, 3.8) is 0 Å². The molecule has 4 fully saturated rings. The Morgan fingerprint density at radius 1 is 1.04 bits per heavy atom. The smallest absolute Gasteiger partial charge is 0.345 e.